The molecule has 0 unspecified atom stereocenters. The molecule has 0 aliphatic heterocycles. The van der Waals surface area contributed by atoms with E-state index < -0.39 is 0 Å². The van der Waals surface area contributed by atoms with Gasteiger partial charge >= 0.3 is 0 Å². The van der Waals surface area contributed by atoms with Crippen molar-refractivity contribution in [2.75, 3.05) is 0 Å². The molecule has 1 heterocycles. The minimum Gasteiger partial charge on any atom is -0.339 e. The zero-order valence-electron chi connectivity index (χ0n) is 13.1. The van der Waals surface area contributed by atoms with Crippen molar-refractivity contribution in [3.63, 3.8) is 0 Å². The van der Waals surface area contributed by atoms with Crippen LogP contribution in [0.5, 0.6) is 0 Å². The lowest BCUT2D eigenvalue weighted by molar-refractivity contribution is -0.384. The average molecular weight is 320 g/mol. The Kier molecular flexibility index (Phi) is 3.41. The minimum absolute atomic E-state index is 0.0547. The van der Waals surface area contributed by atoms with Crippen LogP contribution < -0.4 is 0 Å². The first-order chi connectivity index (χ1) is 11.6. The smallest absolute Gasteiger partial charge is 0.271 e. The number of nitrogens with zero attached hydrogens (tertiary/aromatic N) is 2. The summed E-state index contributed by atoms with van der Waals surface area (Å²) in [5.41, 5.74) is 3.70. The van der Waals surface area contributed by atoms with E-state index in [9.17, 15) is 14.9 Å². The second-order valence-corrected chi connectivity index (χ2v) is 6.13. The zero-order chi connectivity index (χ0) is 16.7. The fourth-order valence-electron chi connectivity index (χ4n) is 3.56. The predicted octanol–water partition coefficient (Wildman–Crippen LogP) is 4.12. The van der Waals surface area contributed by atoms with Crippen molar-refractivity contribution in [3.05, 3.63) is 75.5 Å². The molecule has 2 aromatic carbocycles. The SMILES string of the molecule is O=C1CCCc2c1c1ccc([N+](=O)[O-])cc1n2Cc1ccccc1. The Balaban J connectivity index is 1.97. The van der Waals surface area contributed by atoms with Crippen LogP contribution in [0.4, 0.5) is 5.69 Å². The highest BCUT2D eigenvalue weighted by Crippen LogP contribution is 2.34. The molecule has 0 atom stereocenters. The van der Waals surface area contributed by atoms with E-state index in [-0.39, 0.29) is 16.4 Å². The number of nitro groups is 1. The van der Waals surface area contributed by atoms with Crippen molar-refractivity contribution in [2.24, 2.45) is 0 Å². The quantitative estimate of drug-likeness (QED) is 0.538. The van der Waals surface area contributed by atoms with E-state index >= 15 is 0 Å². The minimum atomic E-state index is -0.389. The van der Waals surface area contributed by atoms with E-state index in [1.807, 2.05) is 30.3 Å². The number of Topliss-reactive ketones (excluding diaryl/α,β-unsaturated/α-hetero) is 1. The summed E-state index contributed by atoms with van der Waals surface area (Å²) < 4.78 is 2.07. The second-order valence-electron chi connectivity index (χ2n) is 6.13. The Bertz CT molecular complexity index is 958. The maximum atomic E-state index is 12.4. The molecule has 0 spiro atoms. The lowest BCUT2D eigenvalue weighted by Gasteiger charge is -2.15. The first kappa shape index (κ1) is 14.6. The first-order valence-electron chi connectivity index (χ1n) is 8.02. The van der Waals surface area contributed by atoms with Gasteiger partial charge in [0.2, 0.25) is 0 Å². The Hall–Kier alpha value is -2.95. The monoisotopic (exact) mass is 320 g/mol. The fourth-order valence-corrected chi connectivity index (χ4v) is 3.56. The summed E-state index contributed by atoms with van der Waals surface area (Å²) in [7, 11) is 0. The molecular weight excluding hydrogens is 304 g/mol. The Morgan fingerprint density at radius 2 is 1.88 bits per heavy atom. The molecule has 0 bridgehead atoms. The number of carbonyl (C=O) groups excluding carboxylic acids is 1. The summed E-state index contributed by atoms with van der Waals surface area (Å²) in [6.45, 7) is 0.612. The van der Waals surface area contributed by atoms with Crippen LogP contribution in [-0.4, -0.2) is 15.3 Å². The third kappa shape index (κ3) is 2.29. The van der Waals surface area contributed by atoms with E-state index in [2.05, 4.69) is 4.57 Å². The van der Waals surface area contributed by atoms with Crippen LogP contribution in [0.2, 0.25) is 0 Å². The van der Waals surface area contributed by atoms with Crippen molar-refractivity contribution in [2.45, 2.75) is 25.8 Å². The maximum absolute atomic E-state index is 12.4. The maximum Gasteiger partial charge on any atom is 0.271 e. The van der Waals surface area contributed by atoms with Crippen LogP contribution in [0.15, 0.2) is 48.5 Å². The van der Waals surface area contributed by atoms with Crippen molar-refractivity contribution in [3.8, 4) is 0 Å². The topological polar surface area (TPSA) is 65.1 Å². The number of ketones is 1. The number of hydrogen-bond acceptors (Lipinski definition) is 3. The van der Waals surface area contributed by atoms with Crippen molar-refractivity contribution >= 4 is 22.4 Å². The molecule has 4 rings (SSSR count). The molecule has 1 aliphatic carbocycles. The van der Waals surface area contributed by atoms with E-state index in [0.717, 1.165) is 40.6 Å². The van der Waals surface area contributed by atoms with Gasteiger partial charge in [-0.3, -0.25) is 14.9 Å². The first-order valence-corrected chi connectivity index (χ1v) is 8.02. The number of benzene rings is 2. The molecule has 0 radical (unpaired) electrons. The van der Waals surface area contributed by atoms with Gasteiger partial charge in [0.15, 0.2) is 5.78 Å². The van der Waals surface area contributed by atoms with Crippen molar-refractivity contribution in [1.29, 1.82) is 0 Å². The van der Waals surface area contributed by atoms with Gasteiger partial charge in [-0.2, -0.15) is 0 Å². The number of non-ortho nitro benzene ring substituents is 1. The molecule has 1 aromatic heterocycles. The third-order valence-electron chi connectivity index (χ3n) is 4.65. The van der Waals surface area contributed by atoms with Crippen molar-refractivity contribution in [1.82, 2.24) is 4.57 Å². The summed E-state index contributed by atoms with van der Waals surface area (Å²) in [5.74, 6) is 0.141. The van der Waals surface area contributed by atoms with Crippen molar-refractivity contribution < 1.29 is 9.72 Å². The van der Waals surface area contributed by atoms with Gasteiger partial charge < -0.3 is 4.57 Å². The molecule has 3 aromatic rings. The fraction of sp³-hybridized carbons (Fsp3) is 0.211. The molecule has 24 heavy (non-hydrogen) atoms. The largest absolute Gasteiger partial charge is 0.339 e. The van der Waals surface area contributed by atoms with E-state index in [1.165, 1.54) is 6.07 Å². The molecule has 5 nitrogen and oxygen atoms in total. The highest BCUT2D eigenvalue weighted by Gasteiger charge is 2.26. The van der Waals surface area contributed by atoms with Crippen LogP contribution >= 0.6 is 0 Å². The lowest BCUT2D eigenvalue weighted by atomic mass is 9.94. The summed E-state index contributed by atoms with van der Waals surface area (Å²) in [5, 5.41) is 12.0. The molecule has 0 N–H and O–H groups in total. The number of nitro benzene ring substituents is 1. The molecule has 0 amide bonds. The Labute approximate surface area is 138 Å². The number of aromatic nitrogens is 1. The van der Waals surface area contributed by atoms with Gasteiger partial charge in [0.05, 0.1) is 10.4 Å². The van der Waals surface area contributed by atoms with Gasteiger partial charge in [-0.15, -0.1) is 0 Å². The van der Waals surface area contributed by atoms with E-state index in [1.54, 1.807) is 12.1 Å². The normalized spacial score (nSPS) is 13.9. The van der Waals surface area contributed by atoms with Gasteiger partial charge in [-0.05, 0) is 24.5 Å². The highest BCUT2D eigenvalue weighted by atomic mass is 16.6. The number of rotatable bonds is 3. The molecular formula is C19H16N2O3. The van der Waals surface area contributed by atoms with Crippen LogP contribution in [0.3, 0.4) is 0 Å². The van der Waals surface area contributed by atoms with Gasteiger partial charge in [0.25, 0.3) is 5.69 Å². The molecule has 0 fully saturated rings. The Morgan fingerprint density at radius 3 is 2.62 bits per heavy atom. The summed E-state index contributed by atoms with van der Waals surface area (Å²) in [6.07, 6.45) is 2.21. The lowest BCUT2D eigenvalue weighted by Crippen LogP contribution is -2.13. The molecule has 0 saturated heterocycles. The zero-order valence-corrected chi connectivity index (χ0v) is 13.1. The summed E-state index contributed by atoms with van der Waals surface area (Å²) in [4.78, 5) is 23.2. The number of carbonyl (C=O) groups is 1. The van der Waals surface area contributed by atoms with E-state index in [0.29, 0.717) is 13.0 Å². The van der Waals surface area contributed by atoms with Crippen LogP contribution in [-0.2, 0) is 13.0 Å². The molecule has 120 valence electrons. The summed E-state index contributed by atoms with van der Waals surface area (Å²) >= 11 is 0. The van der Waals surface area contributed by atoms with Crippen LogP contribution in [0.25, 0.3) is 10.9 Å². The number of fused-ring (bicyclic) bond motifs is 3. The van der Waals surface area contributed by atoms with Crippen LogP contribution in [0.1, 0.15) is 34.5 Å². The molecule has 5 heteroatoms. The van der Waals surface area contributed by atoms with E-state index in [4.69, 9.17) is 0 Å². The van der Waals surface area contributed by atoms with Gasteiger partial charge in [-0.25, -0.2) is 0 Å². The standard InChI is InChI=1S/C19H16N2O3/c22-18-8-4-7-16-19(18)15-10-9-14(21(23)24)11-17(15)20(16)12-13-5-2-1-3-6-13/h1-3,5-6,9-11H,4,7-8,12H2. The highest BCUT2D eigenvalue weighted by molar-refractivity contribution is 6.10. The molecule has 1 aliphatic rings. The number of hydrogen-bond donors (Lipinski definition) is 0. The van der Waals surface area contributed by atoms with Crippen LogP contribution in [0, 0.1) is 10.1 Å². The second kappa shape index (κ2) is 5.60. The average Bonchev–Trinajstić information content (AvgIpc) is 2.90. The van der Waals surface area contributed by atoms with Gasteiger partial charge in [0, 0.05) is 41.7 Å². The third-order valence-corrected chi connectivity index (χ3v) is 4.65. The van der Waals surface area contributed by atoms with Gasteiger partial charge in [0.1, 0.15) is 0 Å². The van der Waals surface area contributed by atoms with Gasteiger partial charge in [-0.1, -0.05) is 30.3 Å². The summed E-state index contributed by atoms with van der Waals surface area (Å²) in [6, 6.07) is 14.8. The Morgan fingerprint density at radius 1 is 1.08 bits per heavy atom. The predicted molar refractivity (Wildman–Crippen MR) is 91.4 cm³/mol. The molecule has 0 saturated carbocycles.